The molecule has 2 atom stereocenters. The average Bonchev–Trinajstić information content (AvgIpc) is 2.26. The largest absolute Gasteiger partial charge is 0.394 e. The van der Waals surface area contributed by atoms with Crippen LogP contribution in [0.15, 0.2) is 0 Å². The molecule has 0 heterocycles. The van der Waals surface area contributed by atoms with Crippen molar-refractivity contribution in [3.8, 4) is 0 Å². The highest BCUT2D eigenvalue weighted by Gasteiger charge is 2.12. The minimum Gasteiger partial charge on any atom is -0.394 e. The second kappa shape index (κ2) is 17.1. The van der Waals surface area contributed by atoms with E-state index in [9.17, 15) is 0 Å². The molecule has 0 aliphatic carbocycles. The van der Waals surface area contributed by atoms with Crippen molar-refractivity contribution in [1.29, 1.82) is 0 Å². The van der Waals surface area contributed by atoms with Crippen LogP contribution in [0.3, 0.4) is 0 Å². The van der Waals surface area contributed by atoms with Crippen molar-refractivity contribution in [1.82, 2.24) is 0 Å². The Morgan fingerprint density at radius 2 is 0.812 bits per heavy atom. The zero-order valence-corrected chi connectivity index (χ0v) is 7.69. The highest BCUT2D eigenvalue weighted by atomic mass is 16.4. The van der Waals surface area contributed by atoms with Crippen LogP contribution in [0.5, 0.6) is 0 Å². The van der Waals surface area contributed by atoms with Gasteiger partial charge in [-0.3, -0.25) is 0 Å². The number of hydrogen-bond acceptors (Lipinski definition) is 7. The highest BCUT2D eigenvalue weighted by molar-refractivity contribution is 4.62. The Hall–Kier alpha value is -0.280. The summed E-state index contributed by atoms with van der Waals surface area (Å²) in [5.41, 5.74) is 0. The van der Waals surface area contributed by atoms with Gasteiger partial charge in [0.1, 0.15) is 18.3 Å². The van der Waals surface area contributed by atoms with Crippen LogP contribution in [-0.4, -0.2) is 80.5 Å². The first-order valence-electron chi connectivity index (χ1n) is 4.01. The van der Waals surface area contributed by atoms with E-state index in [1.807, 2.05) is 0 Å². The molecular weight excluding hydrogens is 220 g/mol. The minimum atomic E-state index is -1.22. The molecule has 0 saturated heterocycles. The molecule has 0 aliphatic heterocycles. The number of aliphatic hydroxyl groups is 7. The zero-order chi connectivity index (χ0) is 11.6. The Bertz CT molecular complexity index is 100. The monoisotopic (exact) mass is 246 g/mol. The molecule has 16 heavy (non-hydrogen) atoms. The van der Waals surface area contributed by atoms with Gasteiger partial charge in [-0.1, -0.05) is 14.9 Å². The molecule has 2 unspecified atom stereocenters. The zero-order valence-electron chi connectivity index (χ0n) is 7.69. The van der Waals surface area contributed by atoms with Crippen LogP contribution >= 0.6 is 0 Å². The summed E-state index contributed by atoms with van der Waals surface area (Å²) in [4.78, 5) is 0. The van der Waals surface area contributed by atoms with Gasteiger partial charge in [0.2, 0.25) is 0 Å². The van der Waals surface area contributed by atoms with E-state index in [1.165, 1.54) is 0 Å². The van der Waals surface area contributed by atoms with E-state index in [0.29, 0.717) is 0 Å². The molecule has 104 valence electrons. The van der Waals surface area contributed by atoms with Gasteiger partial charge in [0.25, 0.3) is 0 Å². The Morgan fingerprint density at radius 1 is 0.562 bits per heavy atom. The van der Waals surface area contributed by atoms with Crippen molar-refractivity contribution in [3.63, 3.8) is 0 Å². The van der Waals surface area contributed by atoms with Crippen LogP contribution < -0.4 is 0 Å². The minimum absolute atomic E-state index is 0. The number of rotatable bonds is 5. The maximum atomic E-state index is 8.47. The second-order valence-electron chi connectivity index (χ2n) is 2.52. The van der Waals surface area contributed by atoms with E-state index in [0.717, 1.165) is 0 Å². The number of hydrogen-bond donors (Lipinski definition) is 7. The van der Waals surface area contributed by atoms with Gasteiger partial charge in [-0.25, -0.2) is 0 Å². The SMILES string of the molecule is C.C.OCC(O)C(O)CO.OCC(O)CO. The third-order valence-corrected chi connectivity index (χ3v) is 1.24. The molecule has 0 amide bonds. The van der Waals surface area contributed by atoms with Gasteiger partial charge >= 0.3 is 0 Å². The van der Waals surface area contributed by atoms with Crippen molar-refractivity contribution in [3.05, 3.63) is 0 Å². The quantitative estimate of drug-likeness (QED) is 0.280. The van der Waals surface area contributed by atoms with Crippen molar-refractivity contribution >= 4 is 0 Å². The first-order chi connectivity index (χ1) is 6.53. The van der Waals surface area contributed by atoms with Gasteiger partial charge in [0, 0.05) is 0 Å². The van der Waals surface area contributed by atoms with E-state index in [-0.39, 0.29) is 28.1 Å². The maximum absolute atomic E-state index is 8.47. The molecule has 0 rings (SSSR count). The average molecular weight is 246 g/mol. The van der Waals surface area contributed by atoms with Gasteiger partial charge in [0.05, 0.1) is 26.4 Å². The molecule has 0 aliphatic rings. The lowest BCUT2D eigenvalue weighted by molar-refractivity contribution is -0.0388. The normalized spacial score (nSPS) is 12.8. The highest BCUT2D eigenvalue weighted by Crippen LogP contribution is 1.88. The van der Waals surface area contributed by atoms with Crippen LogP contribution in [0.1, 0.15) is 14.9 Å². The van der Waals surface area contributed by atoms with Gasteiger partial charge in [-0.05, 0) is 0 Å². The molecule has 0 aromatic rings. The smallest absolute Gasteiger partial charge is 0.105 e. The van der Waals surface area contributed by atoms with Gasteiger partial charge in [-0.2, -0.15) is 0 Å². The fraction of sp³-hybridized carbons (Fsp3) is 1.00. The van der Waals surface area contributed by atoms with E-state index in [1.54, 1.807) is 0 Å². The van der Waals surface area contributed by atoms with Crippen molar-refractivity contribution < 1.29 is 35.7 Å². The predicted octanol–water partition coefficient (Wildman–Crippen LogP) is -2.70. The molecule has 0 bridgehead atoms. The second-order valence-corrected chi connectivity index (χ2v) is 2.52. The van der Waals surface area contributed by atoms with Crippen LogP contribution in [0.4, 0.5) is 0 Å². The Balaban J connectivity index is -0.0000000825. The topological polar surface area (TPSA) is 142 Å². The molecule has 7 heteroatoms. The van der Waals surface area contributed by atoms with Crippen molar-refractivity contribution in [2.45, 2.75) is 33.2 Å². The molecule has 7 N–H and O–H groups in total. The first-order valence-corrected chi connectivity index (χ1v) is 4.01. The lowest BCUT2D eigenvalue weighted by Crippen LogP contribution is -2.31. The summed E-state index contributed by atoms with van der Waals surface area (Å²) >= 11 is 0. The third-order valence-electron chi connectivity index (χ3n) is 1.24. The van der Waals surface area contributed by atoms with E-state index < -0.39 is 31.5 Å². The van der Waals surface area contributed by atoms with E-state index >= 15 is 0 Å². The number of aliphatic hydroxyl groups excluding tert-OH is 7. The molecule has 0 radical (unpaired) electrons. The van der Waals surface area contributed by atoms with Crippen molar-refractivity contribution in [2.75, 3.05) is 26.4 Å². The molecule has 7 nitrogen and oxygen atoms in total. The summed E-state index contributed by atoms with van der Waals surface area (Å²) < 4.78 is 0. The van der Waals surface area contributed by atoms with Gasteiger partial charge < -0.3 is 35.7 Å². The van der Waals surface area contributed by atoms with Crippen LogP contribution in [-0.2, 0) is 0 Å². The molecule has 0 aromatic carbocycles. The summed E-state index contributed by atoms with van der Waals surface area (Å²) in [6.45, 7) is -1.78. The van der Waals surface area contributed by atoms with Crippen LogP contribution in [0.2, 0.25) is 0 Å². The van der Waals surface area contributed by atoms with E-state index in [2.05, 4.69) is 0 Å². The summed E-state index contributed by atoms with van der Waals surface area (Å²) in [5, 5.41) is 57.2. The van der Waals surface area contributed by atoms with Gasteiger partial charge in [-0.15, -0.1) is 0 Å². The van der Waals surface area contributed by atoms with Crippen molar-refractivity contribution in [2.24, 2.45) is 0 Å². The Morgan fingerprint density at radius 3 is 0.875 bits per heavy atom. The molecule has 0 spiro atoms. The Kier molecular flexibility index (Phi) is 26.5. The fourth-order valence-electron chi connectivity index (χ4n) is 0.301. The lowest BCUT2D eigenvalue weighted by atomic mass is 10.2. The third kappa shape index (κ3) is 16.2. The predicted molar refractivity (Wildman–Crippen MR) is 59.8 cm³/mol. The standard InChI is InChI=1S/C4H10O4.C3H8O3.2CH4/c5-1-3(7)4(8)2-6;4-1-3(6)2-5;;/h3-8H,1-2H2;3-6H,1-2H2;2*1H4. The molecule has 0 fully saturated rings. The first kappa shape index (κ1) is 24.8. The summed E-state index contributed by atoms with van der Waals surface area (Å²) in [5.74, 6) is 0. The summed E-state index contributed by atoms with van der Waals surface area (Å²) in [7, 11) is 0. The summed E-state index contributed by atoms with van der Waals surface area (Å²) in [6, 6.07) is 0. The summed E-state index contributed by atoms with van der Waals surface area (Å²) in [6.07, 6.45) is -3.40. The van der Waals surface area contributed by atoms with Gasteiger partial charge in [0.15, 0.2) is 0 Å². The maximum Gasteiger partial charge on any atom is 0.105 e. The molecular formula is C9H26O7. The lowest BCUT2D eigenvalue weighted by Gasteiger charge is -2.10. The van der Waals surface area contributed by atoms with Crippen LogP contribution in [0, 0.1) is 0 Å². The Labute approximate surface area is 96.2 Å². The van der Waals surface area contributed by atoms with Crippen LogP contribution in [0.25, 0.3) is 0 Å². The molecule has 0 saturated carbocycles. The van der Waals surface area contributed by atoms with E-state index in [4.69, 9.17) is 35.7 Å². The fourth-order valence-corrected chi connectivity index (χ4v) is 0.301. The molecule has 0 aromatic heterocycles.